The molecule has 0 unspecified atom stereocenters. The van der Waals surface area contributed by atoms with Crippen LogP contribution in [-0.4, -0.2) is 24.1 Å². The van der Waals surface area contributed by atoms with Crippen LogP contribution < -0.4 is 16.2 Å². The number of aliphatic imine (C=N–C) groups is 1. The molecule has 1 saturated carbocycles. The van der Waals surface area contributed by atoms with Crippen molar-refractivity contribution in [1.29, 1.82) is 0 Å². The third kappa shape index (κ3) is 5.83. The van der Waals surface area contributed by atoms with E-state index in [1.54, 1.807) is 16.7 Å². The molecule has 1 aromatic carbocycles. The highest BCUT2D eigenvalue weighted by molar-refractivity contribution is 14.0. The zero-order valence-corrected chi connectivity index (χ0v) is 19.1. The molecule has 2 aromatic rings. The largest absolute Gasteiger partial charge is 0.356 e. The zero-order valence-electron chi connectivity index (χ0n) is 16.8. The van der Waals surface area contributed by atoms with Gasteiger partial charge in [0.15, 0.2) is 5.96 Å². The number of hydrogen-bond donors (Lipinski definition) is 2. The lowest BCUT2D eigenvalue weighted by Crippen LogP contribution is -2.46. The van der Waals surface area contributed by atoms with Crippen molar-refractivity contribution >= 4 is 29.9 Å². The first-order valence-electron chi connectivity index (χ1n) is 9.82. The molecule has 3 rings (SSSR count). The van der Waals surface area contributed by atoms with Gasteiger partial charge in [-0.1, -0.05) is 43.7 Å². The zero-order chi connectivity index (χ0) is 19.1. The van der Waals surface area contributed by atoms with Gasteiger partial charge in [-0.3, -0.25) is 9.79 Å². The monoisotopic (exact) mass is 494 g/mol. The highest BCUT2D eigenvalue weighted by atomic mass is 127. The summed E-state index contributed by atoms with van der Waals surface area (Å²) in [7, 11) is 1.81. The SMILES string of the molecule is CCC1(CNC(=NC)NCc2ccc(Cn3ccccc3=O)cc2)CCC1.I. The number of hydrogen-bond acceptors (Lipinski definition) is 2. The Morgan fingerprint density at radius 1 is 1.11 bits per heavy atom. The van der Waals surface area contributed by atoms with Gasteiger partial charge in [-0.2, -0.15) is 0 Å². The summed E-state index contributed by atoms with van der Waals surface area (Å²) in [6.45, 7) is 4.59. The van der Waals surface area contributed by atoms with Crippen molar-refractivity contribution < 1.29 is 0 Å². The summed E-state index contributed by atoms with van der Waals surface area (Å²) in [6, 6.07) is 13.6. The fourth-order valence-corrected chi connectivity index (χ4v) is 3.56. The molecule has 0 saturated heterocycles. The molecule has 0 aliphatic heterocycles. The molecule has 1 heterocycles. The van der Waals surface area contributed by atoms with Crippen molar-refractivity contribution in [3.05, 3.63) is 70.1 Å². The maximum absolute atomic E-state index is 11.8. The Labute approximate surface area is 184 Å². The Hall–Kier alpha value is -1.83. The molecule has 152 valence electrons. The van der Waals surface area contributed by atoms with Crippen LogP contribution in [0.1, 0.15) is 43.7 Å². The first kappa shape index (κ1) is 22.5. The smallest absolute Gasteiger partial charge is 0.250 e. The van der Waals surface area contributed by atoms with Crippen molar-refractivity contribution in [2.24, 2.45) is 10.4 Å². The molecular formula is C22H31IN4O. The summed E-state index contributed by atoms with van der Waals surface area (Å²) in [5.41, 5.74) is 2.80. The Morgan fingerprint density at radius 3 is 2.39 bits per heavy atom. The normalized spacial score (nSPS) is 15.3. The van der Waals surface area contributed by atoms with Gasteiger partial charge < -0.3 is 15.2 Å². The standard InChI is InChI=1S/C22H30N4O.HI/c1-3-22(12-6-13-22)17-25-21(23-2)24-15-18-8-10-19(11-9-18)16-26-14-5-4-7-20(26)27;/h4-5,7-11,14H,3,6,12-13,15-17H2,1-2H3,(H2,23,24,25);1H. The number of pyridine rings is 1. The van der Waals surface area contributed by atoms with Crippen LogP contribution in [0.5, 0.6) is 0 Å². The predicted molar refractivity (Wildman–Crippen MR) is 126 cm³/mol. The molecule has 0 atom stereocenters. The van der Waals surface area contributed by atoms with Gasteiger partial charge >= 0.3 is 0 Å². The molecule has 1 fully saturated rings. The van der Waals surface area contributed by atoms with Gasteiger partial charge in [0.25, 0.3) is 5.56 Å². The van der Waals surface area contributed by atoms with E-state index in [-0.39, 0.29) is 29.5 Å². The van der Waals surface area contributed by atoms with Gasteiger partial charge in [-0.15, -0.1) is 24.0 Å². The fraction of sp³-hybridized carbons (Fsp3) is 0.455. The minimum atomic E-state index is 0. The van der Waals surface area contributed by atoms with Crippen LogP contribution in [0.25, 0.3) is 0 Å². The highest BCUT2D eigenvalue weighted by Crippen LogP contribution is 2.42. The Kier molecular flexibility index (Phi) is 8.54. The van der Waals surface area contributed by atoms with Crippen LogP contribution in [0.15, 0.2) is 58.4 Å². The number of nitrogens with zero attached hydrogens (tertiary/aromatic N) is 2. The Balaban J connectivity index is 0.00000280. The summed E-state index contributed by atoms with van der Waals surface area (Å²) in [5, 5.41) is 6.88. The van der Waals surface area contributed by atoms with Crippen LogP contribution in [-0.2, 0) is 13.1 Å². The Morgan fingerprint density at radius 2 is 1.82 bits per heavy atom. The van der Waals surface area contributed by atoms with Gasteiger partial charge in [0.2, 0.25) is 0 Å². The van der Waals surface area contributed by atoms with E-state index in [1.807, 2.05) is 19.3 Å². The Bertz CT molecular complexity index is 819. The number of rotatable bonds is 7. The first-order valence-corrected chi connectivity index (χ1v) is 9.82. The van der Waals surface area contributed by atoms with E-state index in [0.717, 1.165) is 24.6 Å². The van der Waals surface area contributed by atoms with Crippen molar-refractivity contribution in [2.45, 2.75) is 45.7 Å². The van der Waals surface area contributed by atoms with Crippen LogP contribution in [0.4, 0.5) is 0 Å². The second-order valence-corrected chi connectivity index (χ2v) is 7.47. The first-order chi connectivity index (χ1) is 13.1. The van der Waals surface area contributed by atoms with Crippen LogP contribution in [0.3, 0.4) is 0 Å². The van der Waals surface area contributed by atoms with E-state index in [2.05, 4.69) is 46.8 Å². The van der Waals surface area contributed by atoms with E-state index in [9.17, 15) is 4.79 Å². The lowest BCUT2D eigenvalue weighted by atomic mass is 9.67. The van der Waals surface area contributed by atoms with E-state index < -0.39 is 0 Å². The van der Waals surface area contributed by atoms with Crippen molar-refractivity contribution in [3.8, 4) is 0 Å². The second kappa shape index (κ2) is 10.6. The van der Waals surface area contributed by atoms with E-state index in [1.165, 1.54) is 31.2 Å². The minimum Gasteiger partial charge on any atom is -0.356 e. The number of aromatic nitrogens is 1. The summed E-state index contributed by atoms with van der Waals surface area (Å²) in [6.07, 6.45) is 7.03. The highest BCUT2D eigenvalue weighted by Gasteiger charge is 2.34. The lowest BCUT2D eigenvalue weighted by Gasteiger charge is -2.41. The quantitative estimate of drug-likeness (QED) is 0.350. The minimum absolute atomic E-state index is 0. The van der Waals surface area contributed by atoms with Crippen LogP contribution in [0, 0.1) is 5.41 Å². The molecule has 0 radical (unpaired) electrons. The van der Waals surface area contributed by atoms with E-state index >= 15 is 0 Å². The second-order valence-electron chi connectivity index (χ2n) is 7.47. The average molecular weight is 494 g/mol. The van der Waals surface area contributed by atoms with Gasteiger partial charge in [-0.05, 0) is 41.9 Å². The molecule has 6 heteroatoms. The maximum atomic E-state index is 11.8. The van der Waals surface area contributed by atoms with Crippen LogP contribution >= 0.6 is 24.0 Å². The third-order valence-corrected chi connectivity index (χ3v) is 5.75. The van der Waals surface area contributed by atoms with Gasteiger partial charge in [0, 0.05) is 32.4 Å². The number of halogens is 1. The molecule has 0 amide bonds. The topological polar surface area (TPSA) is 58.4 Å². The van der Waals surface area contributed by atoms with E-state index in [0.29, 0.717) is 12.0 Å². The van der Waals surface area contributed by atoms with Gasteiger partial charge in [0.1, 0.15) is 0 Å². The maximum Gasteiger partial charge on any atom is 0.250 e. The van der Waals surface area contributed by atoms with Gasteiger partial charge in [0.05, 0.1) is 6.54 Å². The third-order valence-electron chi connectivity index (χ3n) is 5.75. The molecule has 1 aliphatic rings. The molecule has 0 bridgehead atoms. The number of nitrogens with one attached hydrogen (secondary N) is 2. The molecule has 28 heavy (non-hydrogen) atoms. The summed E-state index contributed by atoms with van der Waals surface area (Å²) in [4.78, 5) is 16.2. The van der Waals surface area contributed by atoms with Gasteiger partial charge in [-0.25, -0.2) is 0 Å². The van der Waals surface area contributed by atoms with Crippen LogP contribution in [0.2, 0.25) is 0 Å². The molecule has 0 spiro atoms. The van der Waals surface area contributed by atoms with Crippen molar-refractivity contribution in [2.75, 3.05) is 13.6 Å². The summed E-state index contributed by atoms with van der Waals surface area (Å²) in [5.74, 6) is 0.856. The molecular weight excluding hydrogens is 463 g/mol. The average Bonchev–Trinajstić information content (AvgIpc) is 2.66. The van der Waals surface area contributed by atoms with E-state index in [4.69, 9.17) is 0 Å². The fourth-order valence-electron chi connectivity index (χ4n) is 3.56. The predicted octanol–water partition coefficient (Wildman–Crippen LogP) is 3.76. The van der Waals surface area contributed by atoms with Crippen molar-refractivity contribution in [3.63, 3.8) is 0 Å². The van der Waals surface area contributed by atoms with Crippen molar-refractivity contribution in [1.82, 2.24) is 15.2 Å². The summed E-state index contributed by atoms with van der Waals surface area (Å²) < 4.78 is 1.71. The lowest BCUT2D eigenvalue weighted by molar-refractivity contribution is 0.131. The molecule has 5 nitrogen and oxygen atoms in total. The number of guanidine groups is 1. The molecule has 1 aromatic heterocycles. The molecule has 1 aliphatic carbocycles. The summed E-state index contributed by atoms with van der Waals surface area (Å²) >= 11 is 0. The number of benzene rings is 1. The molecule has 2 N–H and O–H groups in total.